The first-order valence-corrected chi connectivity index (χ1v) is 5.01. The number of carboxylic acids is 1. The van der Waals surface area contributed by atoms with Gasteiger partial charge in [0.15, 0.2) is 5.69 Å². The van der Waals surface area contributed by atoms with Crippen molar-refractivity contribution >= 4 is 17.7 Å². The van der Waals surface area contributed by atoms with E-state index < -0.39 is 5.97 Å². The van der Waals surface area contributed by atoms with Gasteiger partial charge in [0.05, 0.1) is 12.4 Å². The van der Waals surface area contributed by atoms with Crippen LogP contribution in [0.5, 0.6) is 0 Å². The highest BCUT2D eigenvalue weighted by atomic mass is 32.2. The van der Waals surface area contributed by atoms with E-state index in [9.17, 15) is 4.79 Å². The smallest absolute Gasteiger partial charge is 0.356 e. The highest BCUT2D eigenvalue weighted by Crippen LogP contribution is 2.14. The fourth-order valence-electron chi connectivity index (χ4n) is 0.742. The first-order chi connectivity index (χ1) is 6.74. The molecule has 76 valence electrons. The van der Waals surface area contributed by atoms with Crippen LogP contribution in [0, 0.1) is 0 Å². The fraction of sp³-hybridized carbons (Fsp3) is 0.375. The summed E-state index contributed by atoms with van der Waals surface area (Å²) in [5.74, 6) is -0.332. The lowest BCUT2D eigenvalue weighted by atomic mass is 10.5. The predicted octanol–water partition coefficient (Wildman–Crippen LogP) is 0.649. The Hall–Kier alpha value is -1.14. The molecule has 0 radical (unpaired) electrons. The number of hydrogen-bond acceptors (Lipinski definition) is 5. The van der Waals surface area contributed by atoms with Crippen molar-refractivity contribution in [2.75, 3.05) is 12.4 Å². The quantitative estimate of drug-likeness (QED) is 0.553. The van der Waals surface area contributed by atoms with Gasteiger partial charge in [-0.1, -0.05) is 0 Å². The van der Waals surface area contributed by atoms with E-state index in [2.05, 4.69) is 9.97 Å². The average Bonchev–Trinajstić information content (AvgIpc) is 2.19. The lowest BCUT2D eigenvalue weighted by Crippen LogP contribution is -2.00. The number of nitrogens with zero attached hydrogens (tertiary/aromatic N) is 2. The maximum absolute atomic E-state index is 10.4. The zero-order chi connectivity index (χ0) is 10.4. The summed E-state index contributed by atoms with van der Waals surface area (Å²) in [6.45, 7) is 0.146. The molecule has 5 nitrogen and oxygen atoms in total. The molecule has 0 spiro atoms. The molecule has 14 heavy (non-hydrogen) atoms. The number of aliphatic hydroxyl groups is 1. The Labute approximate surface area is 85.2 Å². The maximum Gasteiger partial charge on any atom is 0.356 e. The number of thioether (sulfide) groups is 1. The van der Waals surface area contributed by atoms with Crippen LogP contribution in [0.25, 0.3) is 0 Å². The van der Waals surface area contributed by atoms with Gasteiger partial charge in [0.2, 0.25) is 0 Å². The molecule has 0 fully saturated rings. The number of aliphatic hydroxyl groups excluding tert-OH is 1. The fourth-order valence-corrected chi connectivity index (χ4v) is 1.48. The topological polar surface area (TPSA) is 83.3 Å². The molecule has 0 unspecified atom stereocenters. The normalized spacial score (nSPS) is 10.1. The Morgan fingerprint density at radius 1 is 1.43 bits per heavy atom. The minimum atomic E-state index is -1.08. The Bertz CT molecular complexity index is 302. The van der Waals surface area contributed by atoms with Gasteiger partial charge in [-0.2, -0.15) is 0 Å². The molecule has 6 heteroatoms. The van der Waals surface area contributed by atoms with Crippen LogP contribution >= 0.6 is 11.8 Å². The number of carbonyl (C=O) groups is 1. The number of carboxylic acid groups (broad SMARTS) is 1. The van der Waals surface area contributed by atoms with E-state index in [0.717, 1.165) is 5.75 Å². The van der Waals surface area contributed by atoms with Gasteiger partial charge >= 0.3 is 5.97 Å². The summed E-state index contributed by atoms with van der Waals surface area (Å²) in [4.78, 5) is 18.1. The zero-order valence-corrected chi connectivity index (χ0v) is 8.20. The lowest BCUT2D eigenvalue weighted by molar-refractivity contribution is 0.0689. The SMILES string of the molecule is O=C(O)c1cnc(SCCCO)cn1. The highest BCUT2D eigenvalue weighted by molar-refractivity contribution is 7.99. The van der Waals surface area contributed by atoms with Crippen LogP contribution in [0.2, 0.25) is 0 Å². The van der Waals surface area contributed by atoms with Crippen molar-refractivity contribution in [2.24, 2.45) is 0 Å². The van der Waals surface area contributed by atoms with Gasteiger partial charge in [-0.3, -0.25) is 0 Å². The van der Waals surface area contributed by atoms with Gasteiger partial charge in [0.25, 0.3) is 0 Å². The number of hydrogen-bond donors (Lipinski definition) is 2. The van der Waals surface area contributed by atoms with Gasteiger partial charge in [-0.05, 0) is 6.42 Å². The molecular weight excluding hydrogens is 204 g/mol. The van der Waals surface area contributed by atoms with Gasteiger partial charge in [-0.15, -0.1) is 11.8 Å². The Balaban J connectivity index is 2.51. The van der Waals surface area contributed by atoms with E-state index in [0.29, 0.717) is 11.4 Å². The summed E-state index contributed by atoms with van der Waals surface area (Å²) in [7, 11) is 0. The van der Waals surface area contributed by atoms with Crippen LogP contribution in [0.3, 0.4) is 0 Å². The number of rotatable bonds is 5. The van der Waals surface area contributed by atoms with E-state index >= 15 is 0 Å². The Morgan fingerprint density at radius 2 is 2.21 bits per heavy atom. The van der Waals surface area contributed by atoms with Crippen molar-refractivity contribution in [3.63, 3.8) is 0 Å². The lowest BCUT2D eigenvalue weighted by Gasteiger charge is -1.98. The Kier molecular flexibility index (Phi) is 4.34. The molecule has 0 saturated carbocycles. The summed E-state index contributed by atoms with van der Waals surface area (Å²) in [5.41, 5.74) is -0.0588. The third-order valence-electron chi connectivity index (χ3n) is 1.40. The van der Waals surface area contributed by atoms with E-state index in [4.69, 9.17) is 10.2 Å². The van der Waals surface area contributed by atoms with Gasteiger partial charge in [-0.25, -0.2) is 14.8 Å². The first-order valence-electron chi connectivity index (χ1n) is 4.03. The molecule has 1 aromatic rings. The van der Waals surface area contributed by atoms with Crippen molar-refractivity contribution in [3.8, 4) is 0 Å². The highest BCUT2D eigenvalue weighted by Gasteiger charge is 2.04. The van der Waals surface area contributed by atoms with Gasteiger partial charge in [0, 0.05) is 12.4 Å². The monoisotopic (exact) mass is 214 g/mol. The summed E-state index contributed by atoms with van der Waals surface area (Å²) < 4.78 is 0. The van der Waals surface area contributed by atoms with Crippen LogP contribution in [0.15, 0.2) is 17.4 Å². The molecule has 0 aromatic carbocycles. The average molecular weight is 214 g/mol. The molecule has 0 aliphatic heterocycles. The van der Waals surface area contributed by atoms with Crippen molar-refractivity contribution in [1.82, 2.24) is 9.97 Å². The first kappa shape index (κ1) is 10.9. The van der Waals surface area contributed by atoms with Crippen molar-refractivity contribution in [1.29, 1.82) is 0 Å². The molecular formula is C8H10N2O3S. The number of aromatic carboxylic acids is 1. The molecule has 0 aliphatic carbocycles. The van der Waals surface area contributed by atoms with Crippen LogP contribution in [0.1, 0.15) is 16.9 Å². The largest absolute Gasteiger partial charge is 0.476 e. The van der Waals surface area contributed by atoms with E-state index in [-0.39, 0.29) is 12.3 Å². The van der Waals surface area contributed by atoms with Crippen LogP contribution < -0.4 is 0 Å². The number of aromatic nitrogens is 2. The molecule has 0 saturated heterocycles. The standard InChI is InChI=1S/C8H10N2O3S/c11-2-1-3-14-7-5-9-6(4-10-7)8(12)13/h4-5,11H,1-3H2,(H,12,13). The summed E-state index contributed by atoms with van der Waals surface area (Å²) >= 11 is 1.44. The second-order valence-electron chi connectivity index (χ2n) is 2.47. The van der Waals surface area contributed by atoms with Crippen molar-refractivity contribution in [2.45, 2.75) is 11.4 Å². The second-order valence-corrected chi connectivity index (χ2v) is 3.59. The van der Waals surface area contributed by atoms with Crippen molar-refractivity contribution in [3.05, 3.63) is 18.1 Å². The van der Waals surface area contributed by atoms with Crippen LogP contribution in [-0.2, 0) is 0 Å². The van der Waals surface area contributed by atoms with Gasteiger partial charge < -0.3 is 10.2 Å². The molecule has 0 atom stereocenters. The summed E-state index contributed by atoms with van der Waals surface area (Å²) in [6, 6.07) is 0. The minimum absolute atomic E-state index is 0.0588. The summed E-state index contributed by atoms with van der Waals surface area (Å²) in [5, 5.41) is 17.8. The predicted molar refractivity (Wildman–Crippen MR) is 51.4 cm³/mol. The van der Waals surface area contributed by atoms with Gasteiger partial charge in [0.1, 0.15) is 5.03 Å². The molecule has 0 amide bonds. The van der Waals surface area contributed by atoms with Crippen LogP contribution in [0.4, 0.5) is 0 Å². The molecule has 0 aliphatic rings. The molecule has 1 aromatic heterocycles. The minimum Gasteiger partial charge on any atom is -0.476 e. The molecule has 2 N–H and O–H groups in total. The zero-order valence-electron chi connectivity index (χ0n) is 7.38. The molecule has 1 heterocycles. The maximum atomic E-state index is 10.4. The van der Waals surface area contributed by atoms with Crippen molar-refractivity contribution < 1.29 is 15.0 Å². The molecule has 0 bridgehead atoms. The summed E-state index contributed by atoms with van der Waals surface area (Å²) in [6.07, 6.45) is 3.34. The van der Waals surface area contributed by atoms with Crippen LogP contribution in [-0.4, -0.2) is 38.5 Å². The molecule has 1 rings (SSSR count). The van der Waals surface area contributed by atoms with E-state index in [1.54, 1.807) is 0 Å². The Morgan fingerprint density at radius 3 is 2.71 bits per heavy atom. The van der Waals surface area contributed by atoms with E-state index in [1.807, 2.05) is 0 Å². The third kappa shape index (κ3) is 3.31. The second kappa shape index (κ2) is 5.56. The van der Waals surface area contributed by atoms with E-state index in [1.165, 1.54) is 24.2 Å². The third-order valence-corrected chi connectivity index (χ3v) is 2.40.